The molecule has 1 heterocycles. The number of hydrogen-bond donors (Lipinski definition) is 2. The molecule has 0 saturated carbocycles. The van der Waals surface area contributed by atoms with E-state index in [0.717, 1.165) is 22.3 Å². The van der Waals surface area contributed by atoms with Crippen molar-refractivity contribution in [2.24, 2.45) is 0 Å². The largest absolute Gasteiger partial charge is 0.497 e. The molecule has 0 aromatic heterocycles. The van der Waals surface area contributed by atoms with Gasteiger partial charge in [0, 0.05) is 5.56 Å². The summed E-state index contributed by atoms with van der Waals surface area (Å²) >= 11 is 0. The molecular weight excluding hydrogens is 451 g/mol. The summed E-state index contributed by atoms with van der Waals surface area (Å²) in [6.07, 6.45) is 1.23. The number of halogens is 1. The van der Waals surface area contributed by atoms with Gasteiger partial charge in [0.15, 0.2) is 0 Å². The lowest BCUT2D eigenvalue weighted by atomic mass is 9.90. The summed E-state index contributed by atoms with van der Waals surface area (Å²) in [6, 6.07) is 17.2. The van der Waals surface area contributed by atoms with Crippen molar-refractivity contribution in [2.75, 3.05) is 20.3 Å². The molecule has 0 unspecified atom stereocenters. The maximum Gasteiger partial charge on any atom is 0.306 e. The summed E-state index contributed by atoms with van der Waals surface area (Å²) in [7, 11) is 1.55. The molecular formula is C28H27FO6. The molecule has 7 heteroatoms. The standard InChI is InChI=1S/C28H27FO6/c1-33-21-6-8-26(29)25(15-21)23-7-5-18(13-24(23)19-9-11-34-12-10-19)17-35-22-4-2-3-20(14-22)27(30)16-28(31)32/h2-9,13-15,27,30H,10-12,16-17H2,1H3,(H,31,32)/t27-/m1/s1. The first-order valence-electron chi connectivity index (χ1n) is 11.3. The number of aliphatic carboxylic acids is 1. The third-order valence-corrected chi connectivity index (χ3v) is 5.87. The molecule has 0 fully saturated rings. The minimum Gasteiger partial charge on any atom is -0.497 e. The van der Waals surface area contributed by atoms with Gasteiger partial charge in [-0.05, 0) is 70.6 Å². The zero-order valence-corrected chi connectivity index (χ0v) is 19.4. The Balaban J connectivity index is 1.62. The fourth-order valence-corrected chi connectivity index (χ4v) is 4.05. The first-order chi connectivity index (χ1) is 16.9. The van der Waals surface area contributed by atoms with Crippen molar-refractivity contribution in [3.8, 4) is 22.6 Å². The van der Waals surface area contributed by atoms with Gasteiger partial charge in [-0.25, -0.2) is 4.39 Å². The molecule has 0 aliphatic carbocycles. The van der Waals surface area contributed by atoms with Crippen LogP contribution in [0.5, 0.6) is 11.5 Å². The van der Waals surface area contributed by atoms with Gasteiger partial charge >= 0.3 is 5.97 Å². The van der Waals surface area contributed by atoms with Gasteiger partial charge in [-0.1, -0.05) is 30.3 Å². The number of ether oxygens (including phenoxy) is 3. The van der Waals surface area contributed by atoms with Crippen molar-refractivity contribution >= 4 is 11.5 Å². The molecule has 0 radical (unpaired) electrons. The maximum absolute atomic E-state index is 14.8. The highest BCUT2D eigenvalue weighted by atomic mass is 19.1. The van der Waals surface area contributed by atoms with Crippen LogP contribution in [0.4, 0.5) is 4.39 Å². The smallest absolute Gasteiger partial charge is 0.306 e. The van der Waals surface area contributed by atoms with Crippen molar-refractivity contribution in [2.45, 2.75) is 25.6 Å². The van der Waals surface area contributed by atoms with Gasteiger partial charge in [0.25, 0.3) is 0 Å². The Hall–Kier alpha value is -3.68. The van der Waals surface area contributed by atoms with E-state index in [2.05, 4.69) is 0 Å². The van der Waals surface area contributed by atoms with Crippen LogP contribution in [0.25, 0.3) is 16.7 Å². The summed E-state index contributed by atoms with van der Waals surface area (Å²) in [5, 5.41) is 19.0. The number of carbonyl (C=O) groups is 1. The van der Waals surface area contributed by atoms with Crippen LogP contribution in [0.2, 0.25) is 0 Å². The molecule has 35 heavy (non-hydrogen) atoms. The number of carboxylic acid groups (broad SMARTS) is 1. The van der Waals surface area contributed by atoms with Gasteiger partial charge in [0.05, 0.1) is 32.8 Å². The zero-order valence-electron chi connectivity index (χ0n) is 19.4. The van der Waals surface area contributed by atoms with E-state index in [4.69, 9.17) is 19.3 Å². The second-order valence-corrected chi connectivity index (χ2v) is 8.25. The molecule has 3 aromatic rings. The molecule has 0 spiro atoms. The summed E-state index contributed by atoms with van der Waals surface area (Å²) in [5.41, 5.74) is 4.57. The molecule has 0 bridgehead atoms. The Morgan fingerprint density at radius 3 is 2.66 bits per heavy atom. The van der Waals surface area contributed by atoms with Crippen LogP contribution >= 0.6 is 0 Å². The molecule has 1 aliphatic heterocycles. The van der Waals surface area contributed by atoms with Crippen molar-refractivity contribution in [3.63, 3.8) is 0 Å². The van der Waals surface area contributed by atoms with Gasteiger partial charge in [-0.3, -0.25) is 4.79 Å². The number of hydrogen-bond acceptors (Lipinski definition) is 5. The van der Waals surface area contributed by atoms with Crippen LogP contribution in [0.3, 0.4) is 0 Å². The van der Waals surface area contributed by atoms with Crippen LogP contribution in [-0.2, 0) is 16.1 Å². The fraction of sp³-hybridized carbons (Fsp3) is 0.250. The molecule has 4 rings (SSSR count). The number of methoxy groups -OCH3 is 1. The highest BCUT2D eigenvalue weighted by Crippen LogP contribution is 2.36. The summed E-state index contributed by atoms with van der Waals surface area (Å²) < 4.78 is 31.5. The number of aliphatic hydroxyl groups excluding tert-OH is 1. The van der Waals surface area contributed by atoms with E-state index in [9.17, 15) is 14.3 Å². The Morgan fingerprint density at radius 2 is 1.91 bits per heavy atom. The van der Waals surface area contributed by atoms with Crippen molar-refractivity contribution in [1.29, 1.82) is 0 Å². The number of benzene rings is 3. The van der Waals surface area contributed by atoms with E-state index in [1.54, 1.807) is 43.5 Å². The maximum atomic E-state index is 14.8. The highest BCUT2D eigenvalue weighted by molar-refractivity contribution is 5.83. The van der Waals surface area contributed by atoms with E-state index in [-0.39, 0.29) is 18.8 Å². The van der Waals surface area contributed by atoms with E-state index in [1.807, 2.05) is 24.3 Å². The van der Waals surface area contributed by atoms with Gasteiger partial charge in [0.2, 0.25) is 0 Å². The zero-order chi connectivity index (χ0) is 24.8. The van der Waals surface area contributed by atoms with Gasteiger partial charge < -0.3 is 24.4 Å². The van der Waals surface area contributed by atoms with Crippen LogP contribution in [0.15, 0.2) is 66.7 Å². The second-order valence-electron chi connectivity index (χ2n) is 8.25. The number of aliphatic hydroxyl groups is 1. The van der Waals surface area contributed by atoms with E-state index in [1.165, 1.54) is 6.07 Å². The number of carboxylic acids is 1. The Kier molecular flexibility index (Phi) is 7.80. The van der Waals surface area contributed by atoms with E-state index < -0.39 is 12.1 Å². The van der Waals surface area contributed by atoms with Crippen LogP contribution < -0.4 is 9.47 Å². The lowest BCUT2D eigenvalue weighted by molar-refractivity contribution is -0.139. The molecule has 182 valence electrons. The lowest BCUT2D eigenvalue weighted by Crippen LogP contribution is -2.06. The third kappa shape index (κ3) is 6.07. The average molecular weight is 479 g/mol. The average Bonchev–Trinajstić information content (AvgIpc) is 2.88. The molecule has 0 saturated heterocycles. The second kappa shape index (κ2) is 11.2. The van der Waals surface area contributed by atoms with E-state index >= 15 is 0 Å². The number of rotatable bonds is 9. The van der Waals surface area contributed by atoms with Crippen molar-refractivity contribution in [3.05, 3.63) is 89.2 Å². The van der Waals surface area contributed by atoms with Crippen molar-refractivity contribution in [1.82, 2.24) is 0 Å². The molecule has 1 aliphatic rings. The summed E-state index contributed by atoms with van der Waals surface area (Å²) in [6.45, 7) is 1.34. The molecule has 2 N–H and O–H groups in total. The van der Waals surface area contributed by atoms with Crippen LogP contribution in [0, 0.1) is 5.82 Å². The minimum absolute atomic E-state index is 0.246. The Labute approximate surface area is 203 Å². The quantitative estimate of drug-likeness (QED) is 0.429. The topological polar surface area (TPSA) is 85.2 Å². The van der Waals surface area contributed by atoms with Crippen LogP contribution in [0.1, 0.15) is 35.6 Å². The first-order valence-corrected chi connectivity index (χ1v) is 11.3. The van der Waals surface area contributed by atoms with E-state index in [0.29, 0.717) is 42.3 Å². The fourth-order valence-electron chi connectivity index (χ4n) is 4.05. The van der Waals surface area contributed by atoms with Gasteiger partial charge in [0.1, 0.15) is 23.9 Å². The molecule has 0 amide bonds. The molecule has 1 atom stereocenters. The normalized spacial score (nSPS) is 14.2. The Morgan fingerprint density at radius 1 is 1.06 bits per heavy atom. The monoisotopic (exact) mass is 478 g/mol. The SMILES string of the molecule is COc1ccc(F)c(-c2ccc(COc3cccc([C@H](O)CC(=O)O)c3)cc2C2=CCOCC2)c1. The molecule has 6 nitrogen and oxygen atoms in total. The first kappa shape index (κ1) is 24.4. The predicted octanol–water partition coefficient (Wildman–Crippen LogP) is 5.39. The Bertz CT molecular complexity index is 1240. The van der Waals surface area contributed by atoms with Gasteiger partial charge in [-0.2, -0.15) is 0 Å². The van der Waals surface area contributed by atoms with Crippen LogP contribution in [-0.4, -0.2) is 36.5 Å². The van der Waals surface area contributed by atoms with Gasteiger partial charge in [-0.15, -0.1) is 0 Å². The highest BCUT2D eigenvalue weighted by Gasteiger charge is 2.17. The molecule has 3 aromatic carbocycles. The summed E-state index contributed by atoms with van der Waals surface area (Å²) in [4.78, 5) is 10.9. The summed E-state index contributed by atoms with van der Waals surface area (Å²) in [5.74, 6) is -0.320. The van der Waals surface area contributed by atoms with Crippen molar-refractivity contribution < 1.29 is 33.6 Å². The predicted molar refractivity (Wildman–Crippen MR) is 130 cm³/mol. The minimum atomic E-state index is -1.11. The lowest BCUT2D eigenvalue weighted by Gasteiger charge is -2.19. The third-order valence-electron chi connectivity index (χ3n) is 5.87.